The zero-order chi connectivity index (χ0) is 21.5. The highest BCUT2D eigenvalue weighted by Crippen LogP contribution is 2.22. The van der Waals surface area contributed by atoms with E-state index in [9.17, 15) is 9.59 Å². The van der Waals surface area contributed by atoms with Gasteiger partial charge < -0.3 is 15.1 Å². The maximum Gasteiger partial charge on any atom is 0.268 e. The molecule has 1 aromatic heterocycles. The topological polar surface area (TPSA) is 70.5 Å². The number of rotatable bonds is 8. The van der Waals surface area contributed by atoms with Gasteiger partial charge in [-0.3, -0.25) is 9.59 Å². The number of aromatic nitrogens is 2. The largest absolute Gasteiger partial charge is 0.372 e. The molecule has 0 unspecified atom stereocenters. The Kier molecular flexibility index (Phi) is 7.49. The lowest BCUT2D eigenvalue weighted by molar-refractivity contribution is -0.125. The van der Waals surface area contributed by atoms with Crippen LogP contribution in [0.5, 0.6) is 0 Å². The predicted molar refractivity (Wildman–Crippen MR) is 121 cm³/mol. The van der Waals surface area contributed by atoms with Crippen LogP contribution in [0, 0.1) is 12.8 Å². The lowest BCUT2D eigenvalue weighted by Gasteiger charge is -2.32. The zero-order valence-electron chi connectivity index (χ0n) is 18.3. The monoisotopic (exact) mass is 411 g/mol. The summed E-state index contributed by atoms with van der Waals surface area (Å²) < 4.78 is 1.32. The Labute approximate surface area is 178 Å². The number of carbonyl (C=O) groups is 1. The number of hydrogen-bond donors (Lipinski definition) is 1. The molecular weight excluding hydrogens is 378 g/mol. The highest BCUT2D eigenvalue weighted by Gasteiger charge is 2.25. The smallest absolute Gasteiger partial charge is 0.268 e. The van der Waals surface area contributed by atoms with E-state index in [0.29, 0.717) is 6.54 Å². The van der Waals surface area contributed by atoms with E-state index in [1.807, 2.05) is 0 Å². The molecule has 1 amide bonds. The predicted octanol–water partition coefficient (Wildman–Crippen LogP) is 2.34. The second kappa shape index (κ2) is 10.3. The van der Waals surface area contributed by atoms with E-state index in [2.05, 4.69) is 58.3 Å². The lowest BCUT2D eigenvalue weighted by Crippen LogP contribution is -2.41. The summed E-state index contributed by atoms with van der Waals surface area (Å²) in [5, 5.41) is 7.20. The van der Waals surface area contributed by atoms with Crippen molar-refractivity contribution in [2.45, 2.75) is 33.1 Å². The molecule has 1 fully saturated rings. The van der Waals surface area contributed by atoms with Gasteiger partial charge in [0.25, 0.3) is 5.56 Å². The van der Waals surface area contributed by atoms with E-state index in [-0.39, 0.29) is 17.4 Å². The van der Waals surface area contributed by atoms with Crippen molar-refractivity contribution >= 4 is 17.3 Å². The quantitative estimate of drug-likeness (QED) is 0.675. The summed E-state index contributed by atoms with van der Waals surface area (Å²) in [6.45, 7) is 8.37. The number of nitrogens with zero attached hydrogens (tertiary/aromatic N) is 4. The number of amides is 1. The summed E-state index contributed by atoms with van der Waals surface area (Å²) in [7, 11) is 1.64. The van der Waals surface area contributed by atoms with Crippen molar-refractivity contribution < 1.29 is 4.79 Å². The molecule has 1 N–H and O–H groups in total. The van der Waals surface area contributed by atoms with Crippen LogP contribution in [0.3, 0.4) is 0 Å². The van der Waals surface area contributed by atoms with Crippen LogP contribution in [-0.2, 0) is 11.8 Å². The Hall–Kier alpha value is -2.83. The van der Waals surface area contributed by atoms with Crippen LogP contribution in [0.25, 0.3) is 0 Å². The van der Waals surface area contributed by atoms with Crippen molar-refractivity contribution in [3.63, 3.8) is 0 Å². The third kappa shape index (κ3) is 5.62. The van der Waals surface area contributed by atoms with E-state index >= 15 is 0 Å². The van der Waals surface area contributed by atoms with Crippen molar-refractivity contribution in [3.05, 3.63) is 52.4 Å². The molecule has 2 heterocycles. The van der Waals surface area contributed by atoms with Crippen LogP contribution >= 0.6 is 0 Å². The molecule has 1 aromatic carbocycles. The minimum absolute atomic E-state index is 0.0415. The first-order valence-electron chi connectivity index (χ1n) is 10.9. The minimum atomic E-state index is -0.112. The van der Waals surface area contributed by atoms with Gasteiger partial charge in [0.15, 0.2) is 0 Å². The third-order valence-corrected chi connectivity index (χ3v) is 5.84. The molecule has 0 bridgehead atoms. The third-order valence-electron chi connectivity index (χ3n) is 5.84. The van der Waals surface area contributed by atoms with Gasteiger partial charge >= 0.3 is 0 Å². The summed E-state index contributed by atoms with van der Waals surface area (Å²) in [4.78, 5) is 28.8. The number of nitrogens with one attached hydrogen (secondary N) is 1. The van der Waals surface area contributed by atoms with E-state index in [1.165, 1.54) is 15.9 Å². The fourth-order valence-electron chi connectivity index (χ4n) is 3.95. The summed E-state index contributed by atoms with van der Waals surface area (Å²) in [6, 6.07) is 10.2. The fraction of sp³-hybridized carbons (Fsp3) is 0.522. The summed E-state index contributed by atoms with van der Waals surface area (Å²) in [5.74, 6) is 0.190. The Balaban J connectivity index is 1.40. The molecule has 0 atom stereocenters. The molecule has 7 heteroatoms. The number of anilines is 2. The molecular formula is C23H33N5O2. The number of hydrogen-bond acceptors (Lipinski definition) is 5. The van der Waals surface area contributed by atoms with Gasteiger partial charge in [-0.25, -0.2) is 4.68 Å². The average Bonchev–Trinajstić information content (AvgIpc) is 2.75. The molecule has 0 aliphatic carbocycles. The van der Waals surface area contributed by atoms with Gasteiger partial charge in [0.05, 0.1) is 11.9 Å². The van der Waals surface area contributed by atoms with Gasteiger partial charge in [0.2, 0.25) is 5.91 Å². The normalized spacial score (nSPS) is 14.6. The van der Waals surface area contributed by atoms with Gasteiger partial charge in [-0.2, -0.15) is 5.10 Å². The Bertz CT molecular complexity index is 902. The molecule has 7 nitrogen and oxygen atoms in total. The number of aryl methyl sites for hydroxylation is 2. The molecule has 1 saturated heterocycles. The molecule has 2 aromatic rings. The highest BCUT2D eigenvalue weighted by atomic mass is 16.2. The van der Waals surface area contributed by atoms with E-state index in [1.54, 1.807) is 19.3 Å². The first-order valence-corrected chi connectivity index (χ1v) is 10.9. The number of piperidine rings is 1. The molecule has 0 radical (unpaired) electrons. The summed E-state index contributed by atoms with van der Waals surface area (Å²) in [5.41, 5.74) is 3.23. The summed E-state index contributed by atoms with van der Waals surface area (Å²) >= 11 is 0. The van der Waals surface area contributed by atoms with Crippen LogP contribution in [0.4, 0.5) is 11.4 Å². The van der Waals surface area contributed by atoms with E-state index in [4.69, 9.17) is 0 Å². The minimum Gasteiger partial charge on any atom is -0.372 e. The van der Waals surface area contributed by atoms with Crippen molar-refractivity contribution in [3.8, 4) is 0 Å². The molecule has 3 rings (SSSR count). The fourth-order valence-corrected chi connectivity index (χ4v) is 3.95. The maximum atomic E-state index is 12.6. The van der Waals surface area contributed by atoms with Crippen molar-refractivity contribution in [2.75, 3.05) is 42.5 Å². The SMILES string of the molecule is CCN(CCCNC(=O)C1CCN(c2cnn(C)c(=O)c2)CC1)c1cccc(C)c1. The molecule has 1 aliphatic rings. The van der Waals surface area contributed by atoms with Gasteiger partial charge in [-0.05, 0) is 50.8 Å². The highest BCUT2D eigenvalue weighted by molar-refractivity contribution is 5.79. The standard InChI is InChI=1S/C23H33N5O2/c1-4-27(20-8-5-7-18(2)15-20)12-6-11-24-23(30)19-9-13-28(14-10-19)21-16-22(29)26(3)25-17-21/h5,7-8,15-17,19H,4,6,9-14H2,1-3H3,(H,24,30). The lowest BCUT2D eigenvalue weighted by atomic mass is 9.95. The molecule has 0 spiro atoms. The Morgan fingerprint density at radius 3 is 2.70 bits per heavy atom. The van der Waals surface area contributed by atoms with Gasteiger partial charge in [0.1, 0.15) is 0 Å². The van der Waals surface area contributed by atoms with E-state index < -0.39 is 0 Å². The van der Waals surface area contributed by atoms with Crippen molar-refractivity contribution in [2.24, 2.45) is 13.0 Å². The van der Waals surface area contributed by atoms with Gasteiger partial charge in [0, 0.05) is 57.4 Å². The van der Waals surface area contributed by atoms with Crippen molar-refractivity contribution in [1.29, 1.82) is 0 Å². The van der Waals surface area contributed by atoms with Crippen LogP contribution in [0.15, 0.2) is 41.3 Å². The van der Waals surface area contributed by atoms with Crippen LogP contribution in [0.2, 0.25) is 0 Å². The second-order valence-electron chi connectivity index (χ2n) is 8.00. The molecule has 162 valence electrons. The molecule has 1 aliphatic heterocycles. The first kappa shape index (κ1) is 21.9. The van der Waals surface area contributed by atoms with Gasteiger partial charge in [-0.1, -0.05) is 12.1 Å². The molecule has 30 heavy (non-hydrogen) atoms. The van der Waals surface area contributed by atoms with Crippen LogP contribution in [-0.4, -0.2) is 48.4 Å². The van der Waals surface area contributed by atoms with Crippen LogP contribution in [0.1, 0.15) is 31.7 Å². The molecule has 0 saturated carbocycles. The number of benzene rings is 1. The first-order chi connectivity index (χ1) is 14.5. The second-order valence-corrected chi connectivity index (χ2v) is 8.00. The zero-order valence-corrected chi connectivity index (χ0v) is 18.3. The number of carbonyl (C=O) groups excluding carboxylic acids is 1. The average molecular weight is 412 g/mol. The van der Waals surface area contributed by atoms with Gasteiger partial charge in [-0.15, -0.1) is 0 Å². The van der Waals surface area contributed by atoms with Crippen molar-refractivity contribution in [1.82, 2.24) is 15.1 Å². The van der Waals surface area contributed by atoms with E-state index in [0.717, 1.165) is 51.1 Å². The Morgan fingerprint density at radius 1 is 1.27 bits per heavy atom. The summed E-state index contributed by atoms with van der Waals surface area (Å²) in [6.07, 6.45) is 4.23. The Morgan fingerprint density at radius 2 is 2.03 bits per heavy atom. The maximum absolute atomic E-state index is 12.6. The van der Waals surface area contributed by atoms with Crippen LogP contribution < -0.4 is 20.7 Å².